The van der Waals surface area contributed by atoms with Crippen molar-refractivity contribution in [2.24, 2.45) is 0 Å². The Bertz CT molecular complexity index is 568. The lowest BCUT2D eigenvalue weighted by Gasteiger charge is -2.01. The summed E-state index contributed by atoms with van der Waals surface area (Å²) >= 11 is 1.56. The summed E-state index contributed by atoms with van der Waals surface area (Å²) in [6.45, 7) is 0. The summed E-state index contributed by atoms with van der Waals surface area (Å²) in [5, 5.41) is 9.28. The van der Waals surface area contributed by atoms with Crippen LogP contribution < -0.4 is 0 Å². The molecule has 1 heterocycles. The van der Waals surface area contributed by atoms with E-state index in [2.05, 4.69) is 9.97 Å². The van der Waals surface area contributed by atoms with E-state index >= 15 is 0 Å². The monoisotopic (exact) mass is 272 g/mol. The SMILES string of the molecule is O=C(O)C=Cc1ccc(CSc2ncccn2)cc1. The summed E-state index contributed by atoms with van der Waals surface area (Å²) in [5.74, 6) is -0.159. The Kier molecular flexibility index (Phi) is 4.69. The van der Waals surface area contributed by atoms with E-state index in [0.29, 0.717) is 0 Å². The van der Waals surface area contributed by atoms with E-state index in [1.165, 1.54) is 0 Å². The molecule has 1 aromatic heterocycles. The molecule has 96 valence electrons. The number of benzene rings is 1. The quantitative estimate of drug-likeness (QED) is 0.515. The standard InChI is InChI=1S/C14H12N2O2S/c17-13(18)7-6-11-2-4-12(5-3-11)10-19-14-15-8-1-9-16-14/h1-9H,10H2,(H,17,18). The van der Waals surface area contributed by atoms with Crippen molar-refractivity contribution in [2.75, 3.05) is 0 Å². The molecule has 0 saturated heterocycles. The van der Waals surface area contributed by atoms with Gasteiger partial charge in [-0.1, -0.05) is 36.0 Å². The topological polar surface area (TPSA) is 63.1 Å². The van der Waals surface area contributed by atoms with Gasteiger partial charge in [-0.2, -0.15) is 0 Å². The Hall–Kier alpha value is -2.14. The van der Waals surface area contributed by atoms with Gasteiger partial charge in [-0.3, -0.25) is 0 Å². The van der Waals surface area contributed by atoms with Crippen molar-refractivity contribution in [3.63, 3.8) is 0 Å². The molecule has 0 spiro atoms. The third-order valence-corrected chi connectivity index (χ3v) is 3.25. The molecule has 1 N–H and O–H groups in total. The van der Waals surface area contributed by atoms with Crippen LogP contribution in [-0.4, -0.2) is 21.0 Å². The van der Waals surface area contributed by atoms with E-state index < -0.39 is 5.97 Å². The maximum absolute atomic E-state index is 10.4. The molecule has 2 rings (SSSR count). The van der Waals surface area contributed by atoms with Crippen LogP contribution in [0.25, 0.3) is 6.08 Å². The first-order chi connectivity index (χ1) is 9.24. The number of carboxylic acids is 1. The largest absolute Gasteiger partial charge is 0.478 e. The fourth-order valence-corrected chi connectivity index (χ4v) is 2.16. The second-order valence-corrected chi connectivity index (χ2v) is 4.68. The maximum atomic E-state index is 10.4. The average molecular weight is 272 g/mol. The molecule has 19 heavy (non-hydrogen) atoms. The van der Waals surface area contributed by atoms with Gasteiger partial charge in [0, 0.05) is 24.2 Å². The van der Waals surface area contributed by atoms with Crippen LogP contribution in [0.3, 0.4) is 0 Å². The molecule has 5 heteroatoms. The van der Waals surface area contributed by atoms with Gasteiger partial charge in [-0.25, -0.2) is 14.8 Å². The van der Waals surface area contributed by atoms with Crippen molar-refractivity contribution in [3.8, 4) is 0 Å². The molecule has 0 radical (unpaired) electrons. The average Bonchev–Trinajstić information content (AvgIpc) is 2.45. The number of aliphatic carboxylic acids is 1. The van der Waals surface area contributed by atoms with Crippen molar-refractivity contribution < 1.29 is 9.90 Å². The molecule has 0 aliphatic rings. The highest BCUT2D eigenvalue weighted by Crippen LogP contribution is 2.18. The number of rotatable bonds is 5. The molecule has 0 saturated carbocycles. The molecule has 0 aliphatic carbocycles. The third kappa shape index (κ3) is 4.56. The van der Waals surface area contributed by atoms with Crippen LogP contribution in [0.1, 0.15) is 11.1 Å². The van der Waals surface area contributed by atoms with Gasteiger partial charge in [0.15, 0.2) is 5.16 Å². The first-order valence-electron chi connectivity index (χ1n) is 5.64. The van der Waals surface area contributed by atoms with E-state index in [1.807, 2.05) is 24.3 Å². The predicted molar refractivity (Wildman–Crippen MR) is 74.7 cm³/mol. The minimum Gasteiger partial charge on any atom is -0.478 e. The van der Waals surface area contributed by atoms with Gasteiger partial charge in [0.25, 0.3) is 0 Å². The highest BCUT2D eigenvalue weighted by molar-refractivity contribution is 7.98. The smallest absolute Gasteiger partial charge is 0.328 e. The van der Waals surface area contributed by atoms with E-state index in [9.17, 15) is 4.79 Å². The van der Waals surface area contributed by atoms with Crippen molar-refractivity contribution in [2.45, 2.75) is 10.9 Å². The normalized spacial score (nSPS) is 10.7. The van der Waals surface area contributed by atoms with Crippen molar-refractivity contribution in [1.29, 1.82) is 0 Å². The van der Waals surface area contributed by atoms with Gasteiger partial charge >= 0.3 is 5.97 Å². The first-order valence-corrected chi connectivity index (χ1v) is 6.62. The van der Waals surface area contributed by atoms with Crippen LogP contribution in [-0.2, 0) is 10.5 Å². The summed E-state index contributed by atoms with van der Waals surface area (Å²) < 4.78 is 0. The number of nitrogens with zero attached hydrogens (tertiary/aromatic N) is 2. The van der Waals surface area contributed by atoms with Crippen molar-refractivity contribution in [3.05, 3.63) is 59.9 Å². The molecule has 0 fully saturated rings. The number of thioether (sulfide) groups is 1. The molecule has 0 bridgehead atoms. The van der Waals surface area contributed by atoms with Gasteiger partial charge < -0.3 is 5.11 Å². The fraction of sp³-hybridized carbons (Fsp3) is 0.0714. The van der Waals surface area contributed by atoms with Gasteiger partial charge in [0.1, 0.15) is 0 Å². The third-order valence-electron chi connectivity index (χ3n) is 2.31. The summed E-state index contributed by atoms with van der Waals surface area (Å²) in [7, 11) is 0. The van der Waals surface area contributed by atoms with Crippen molar-refractivity contribution >= 4 is 23.8 Å². The van der Waals surface area contributed by atoms with Crippen LogP contribution >= 0.6 is 11.8 Å². The second-order valence-electron chi connectivity index (χ2n) is 3.73. The highest BCUT2D eigenvalue weighted by atomic mass is 32.2. The Morgan fingerprint density at radius 1 is 1.21 bits per heavy atom. The minimum absolute atomic E-state index is 0.748. The molecule has 0 atom stereocenters. The summed E-state index contributed by atoms with van der Waals surface area (Å²) in [6, 6.07) is 9.50. The summed E-state index contributed by atoms with van der Waals surface area (Å²) in [5.41, 5.74) is 2.01. The number of hydrogen-bond donors (Lipinski definition) is 1. The lowest BCUT2D eigenvalue weighted by molar-refractivity contribution is -0.131. The Morgan fingerprint density at radius 3 is 2.53 bits per heavy atom. The van der Waals surface area contributed by atoms with E-state index in [-0.39, 0.29) is 0 Å². The molecular formula is C14H12N2O2S. The molecule has 4 nitrogen and oxygen atoms in total. The number of carboxylic acid groups (broad SMARTS) is 1. The number of hydrogen-bond acceptors (Lipinski definition) is 4. The van der Waals surface area contributed by atoms with Gasteiger partial charge in [-0.05, 0) is 23.3 Å². The van der Waals surface area contributed by atoms with Crippen LogP contribution in [0.15, 0.2) is 54.0 Å². The lowest BCUT2D eigenvalue weighted by atomic mass is 10.1. The van der Waals surface area contributed by atoms with Crippen LogP contribution in [0, 0.1) is 0 Å². The second kappa shape index (κ2) is 6.70. The van der Waals surface area contributed by atoms with Gasteiger partial charge in [0.05, 0.1) is 0 Å². The predicted octanol–water partition coefficient (Wildman–Crippen LogP) is 2.87. The van der Waals surface area contributed by atoms with Crippen LogP contribution in [0.5, 0.6) is 0 Å². The summed E-state index contributed by atoms with van der Waals surface area (Å²) in [4.78, 5) is 18.7. The maximum Gasteiger partial charge on any atom is 0.328 e. The Labute approximate surface area is 115 Å². The Balaban J connectivity index is 1.94. The number of carbonyl (C=O) groups is 1. The van der Waals surface area contributed by atoms with Crippen molar-refractivity contribution in [1.82, 2.24) is 9.97 Å². The zero-order valence-electron chi connectivity index (χ0n) is 10.1. The van der Waals surface area contributed by atoms with E-state index in [4.69, 9.17) is 5.11 Å². The van der Waals surface area contributed by atoms with Crippen LogP contribution in [0.4, 0.5) is 0 Å². The zero-order valence-corrected chi connectivity index (χ0v) is 10.9. The molecule has 0 unspecified atom stereocenters. The lowest BCUT2D eigenvalue weighted by Crippen LogP contribution is -1.87. The minimum atomic E-state index is -0.944. The first kappa shape index (κ1) is 13.3. The molecular weight excluding hydrogens is 260 g/mol. The van der Waals surface area contributed by atoms with Gasteiger partial charge in [0.2, 0.25) is 0 Å². The number of aromatic nitrogens is 2. The highest BCUT2D eigenvalue weighted by Gasteiger charge is 1.98. The zero-order chi connectivity index (χ0) is 13.5. The van der Waals surface area contributed by atoms with Gasteiger partial charge in [-0.15, -0.1) is 0 Å². The molecule has 2 aromatic rings. The summed E-state index contributed by atoms with van der Waals surface area (Å²) in [6.07, 6.45) is 6.13. The molecule has 0 aliphatic heterocycles. The van der Waals surface area contributed by atoms with E-state index in [1.54, 1.807) is 36.3 Å². The van der Waals surface area contributed by atoms with Crippen LogP contribution in [0.2, 0.25) is 0 Å². The molecule has 0 amide bonds. The molecule has 1 aromatic carbocycles. The van der Waals surface area contributed by atoms with E-state index in [0.717, 1.165) is 28.1 Å². The Morgan fingerprint density at radius 2 is 1.89 bits per heavy atom. The fourth-order valence-electron chi connectivity index (χ4n) is 1.40.